The van der Waals surface area contributed by atoms with Crippen molar-refractivity contribution < 1.29 is 32.6 Å². The van der Waals surface area contributed by atoms with Gasteiger partial charge in [0.2, 0.25) is 11.8 Å². The second kappa shape index (κ2) is 14.4. The molecule has 13 nitrogen and oxygen atoms in total. The van der Waals surface area contributed by atoms with Crippen molar-refractivity contribution in [3.8, 4) is 17.3 Å². The summed E-state index contributed by atoms with van der Waals surface area (Å²) in [6.07, 6.45) is -3.76. The van der Waals surface area contributed by atoms with Crippen LogP contribution in [0.25, 0.3) is 16.9 Å². The van der Waals surface area contributed by atoms with Gasteiger partial charge in [-0.2, -0.15) is 22.9 Å². The molecule has 0 radical (unpaired) electrons. The number of amides is 1. The number of aliphatic carboxylic acids is 1. The summed E-state index contributed by atoms with van der Waals surface area (Å²) in [4.78, 5) is 37.1. The Balaban J connectivity index is 0.000000591. The molecule has 0 unspecified atom stereocenters. The maximum atomic E-state index is 13.0. The third kappa shape index (κ3) is 8.47. The van der Waals surface area contributed by atoms with E-state index >= 15 is 0 Å². The molecule has 1 saturated heterocycles. The lowest BCUT2D eigenvalue weighted by Gasteiger charge is -2.25. The Morgan fingerprint density at radius 1 is 1.11 bits per heavy atom. The highest BCUT2D eigenvalue weighted by atomic mass is 35.5. The summed E-state index contributed by atoms with van der Waals surface area (Å²) >= 11 is 12.5. The number of nitrogens with two attached hydrogens (primary N) is 1. The summed E-state index contributed by atoms with van der Waals surface area (Å²) in [5.41, 5.74) is 8.63. The Morgan fingerprint density at radius 3 is 2.44 bits per heavy atom. The van der Waals surface area contributed by atoms with Gasteiger partial charge in [0, 0.05) is 42.0 Å². The monoisotopic (exact) mass is 665 g/mol. The molecule has 1 amide bonds. The number of fused-ring (bicyclic) bond motifs is 1. The lowest BCUT2D eigenvalue weighted by atomic mass is 10.1. The number of rotatable bonds is 7. The molecule has 4 heterocycles. The molecule has 5 rings (SSSR count). The smallest absolute Gasteiger partial charge is 0.475 e. The Morgan fingerprint density at radius 2 is 1.82 bits per heavy atom. The molecule has 1 aliphatic heterocycles. The van der Waals surface area contributed by atoms with Gasteiger partial charge in [0.25, 0.3) is 5.91 Å². The van der Waals surface area contributed by atoms with Crippen molar-refractivity contribution in [2.45, 2.75) is 19.0 Å². The number of nitriles is 1. The van der Waals surface area contributed by atoms with Gasteiger partial charge in [-0.1, -0.05) is 23.2 Å². The van der Waals surface area contributed by atoms with E-state index in [0.29, 0.717) is 84.2 Å². The summed E-state index contributed by atoms with van der Waals surface area (Å²) in [5.74, 6) is -2.32. The van der Waals surface area contributed by atoms with Crippen molar-refractivity contribution in [2.24, 2.45) is 0 Å². The van der Waals surface area contributed by atoms with E-state index in [9.17, 15) is 18.0 Å². The average Bonchev–Trinajstić information content (AvgIpc) is 3.44. The second-order valence-electron chi connectivity index (χ2n) is 9.38. The number of alkyl halides is 3. The maximum absolute atomic E-state index is 13.0. The number of carboxylic acids is 1. The van der Waals surface area contributed by atoms with Crippen LogP contribution in [0.4, 0.5) is 24.9 Å². The highest BCUT2D eigenvalue weighted by Gasteiger charge is 2.38. The molecule has 1 fully saturated rings. The minimum absolute atomic E-state index is 0.0772. The van der Waals surface area contributed by atoms with Crippen LogP contribution in [-0.2, 0) is 16.0 Å². The van der Waals surface area contributed by atoms with Crippen LogP contribution in [0, 0.1) is 11.3 Å². The van der Waals surface area contributed by atoms with E-state index in [-0.39, 0.29) is 17.5 Å². The minimum atomic E-state index is -5.08. The number of hydrogen-bond acceptors (Lipinski definition) is 10. The van der Waals surface area contributed by atoms with Crippen molar-refractivity contribution >= 4 is 52.5 Å². The molecule has 0 spiro atoms. The van der Waals surface area contributed by atoms with E-state index < -0.39 is 12.1 Å². The molecule has 0 saturated carbocycles. The Bertz CT molecular complexity index is 1760. The number of nitrogens with zero attached hydrogens (tertiary/aromatic N) is 7. The predicted octanol–water partition coefficient (Wildman–Crippen LogP) is 4.10. The summed E-state index contributed by atoms with van der Waals surface area (Å²) in [6.45, 7) is 2.45. The van der Waals surface area contributed by atoms with Crippen LogP contribution in [0.2, 0.25) is 10.0 Å². The fourth-order valence-corrected chi connectivity index (χ4v) is 4.56. The second-order valence-corrected chi connectivity index (χ2v) is 10.2. The number of nitrogens with one attached hydrogen (secondary N) is 1. The fraction of sp³-hybridized carbons (Fsp3) is 0.296. The van der Waals surface area contributed by atoms with Gasteiger partial charge in [0.15, 0.2) is 5.65 Å². The largest absolute Gasteiger partial charge is 0.490 e. The first-order valence-electron chi connectivity index (χ1n) is 13.2. The number of nitrogen functional groups attached to an aromatic ring is 1. The van der Waals surface area contributed by atoms with E-state index in [0.717, 1.165) is 5.69 Å². The Hall–Kier alpha value is -4.72. The van der Waals surface area contributed by atoms with E-state index in [1.807, 2.05) is 6.07 Å². The van der Waals surface area contributed by atoms with Crippen molar-refractivity contribution in [2.75, 3.05) is 43.9 Å². The van der Waals surface area contributed by atoms with Crippen LogP contribution in [0.5, 0.6) is 0 Å². The standard InChI is InChI=1S/C25H23Cl2N9O2.C2HF3O2/c26-16-4-6-18(19(27)12-16)20-13-21-33-23(24(37)35-8-10-38-11-9-35)34-36(21)25(32-20)30-7-1-2-17-5-3-15(14-28)22(29)31-17;3-2(4,5)1(6)7/h3-6,12-13H,1-2,7-11H2,(H2,29,31)(H,30,32);(H,6,7). The minimum Gasteiger partial charge on any atom is -0.475 e. The SMILES string of the molecule is N#Cc1ccc(CCCNc2nc(-c3ccc(Cl)cc3Cl)cc3nc(C(=O)N4CCOCC4)nn23)nc1N.O=C(O)C(F)(F)F. The molecule has 1 aromatic carbocycles. The molecular formula is C27H24Cl2F3N9O4. The predicted molar refractivity (Wildman–Crippen MR) is 157 cm³/mol. The maximum Gasteiger partial charge on any atom is 0.490 e. The first-order chi connectivity index (χ1) is 21.4. The Kier molecular flexibility index (Phi) is 10.6. The lowest BCUT2D eigenvalue weighted by Crippen LogP contribution is -2.41. The van der Waals surface area contributed by atoms with Gasteiger partial charge in [-0.25, -0.2) is 19.7 Å². The molecule has 0 aliphatic carbocycles. The van der Waals surface area contributed by atoms with E-state index in [4.69, 9.17) is 53.8 Å². The Labute approximate surface area is 263 Å². The molecular weight excluding hydrogens is 642 g/mol. The first kappa shape index (κ1) is 33.2. The van der Waals surface area contributed by atoms with Crippen LogP contribution in [0.3, 0.4) is 0 Å². The topological polar surface area (TPSA) is 185 Å². The van der Waals surface area contributed by atoms with Crippen LogP contribution in [0.1, 0.15) is 28.3 Å². The van der Waals surface area contributed by atoms with Crippen LogP contribution in [0.15, 0.2) is 36.4 Å². The molecule has 1 aliphatic rings. The number of hydrogen-bond donors (Lipinski definition) is 3. The fourth-order valence-electron chi connectivity index (χ4n) is 4.06. The number of ether oxygens (including phenoxy) is 1. The van der Waals surface area contributed by atoms with Gasteiger partial charge in [-0.05, 0) is 43.2 Å². The zero-order valence-electron chi connectivity index (χ0n) is 23.2. The van der Waals surface area contributed by atoms with Gasteiger partial charge in [-0.15, -0.1) is 5.10 Å². The number of carbonyl (C=O) groups is 2. The third-order valence-corrected chi connectivity index (χ3v) is 6.81. The van der Waals surface area contributed by atoms with Crippen LogP contribution >= 0.6 is 23.2 Å². The van der Waals surface area contributed by atoms with Gasteiger partial charge < -0.3 is 25.8 Å². The number of benzene rings is 1. The van der Waals surface area contributed by atoms with Crippen molar-refractivity contribution in [1.82, 2.24) is 29.5 Å². The summed E-state index contributed by atoms with van der Waals surface area (Å²) in [6, 6.07) is 12.3. The van der Waals surface area contributed by atoms with Crippen LogP contribution < -0.4 is 11.1 Å². The van der Waals surface area contributed by atoms with Gasteiger partial charge in [-0.3, -0.25) is 4.79 Å². The number of carbonyl (C=O) groups excluding carboxylic acids is 1. The number of halogens is 5. The molecule has 0 atom stereocenters. The first-order valence-corrected chi connectivity index (χ1v) is 13.9. The number of aryl methyl sites for hydroxylation is 1. The number of pyridine rings is 1. The number of anilines is 2. The summed E-state index contributed by atoms with van der Waals surface area (Å²) in [5, 5.41) is 24.9. The van der Waals surface area contributed by atoms with Crippen LogP contribution in [-0.4, -0.2) is 85.5 Å². The zero-order chi connectivity index (χ0) is 32.7. The van der Waals surface area contributed by atoms with E-state index in [1.165, 1.54) is 4.52 Å². The van der Waals surface area contributed by atoms with E-state index in [1.54, 1.807) is 41.3 Å². The van der Waals surface area contributed by atoms with Crippen molar-refractivity contribution in [1.29, 1.82) is 5.26 Å². The zero-order valence-corrected chi connectivity index (χ0v) is 24.7. The lowest BCUT2D eigenvalue weighted by molar-refractivity contribution is -0.192. The number of carboxylic acid groups (broad SMARTS) is 1. The number of morpholine rings is 1. The molecule has 45 heavy (non-hydrogen) atoms. The quantitative estimate of drug-likeness (QED) is 0.241. The molecule has 18 heteroatoms. The number of aromatic nitrogens is 5. The van der Waals surface area contributed by atoms with Gasteiger partial charge >= 0.3 is 12.1 Å². The molecule has 4 N–H and O–H groups in total. The third-order valence-electron chi connectivity index (χ3n) is 6.26. The van der Waals surface area contributed by atoms with Crippen molar-refractivity contribution in [3.63, 3.8) is 0 Å². The van der Waals surface area contributed by atoms with Gasteiger partial charge in [0.05, 0.1) is 29.5 Å². The molecule has 236 valence electrons. The highest BCUT2D eigenvalue weighted by Crippen LogP contribution is 2.30. The van der Waals surface area contributed by atoms with Gasteiger partial charge in [0.1, 0.15) is 11.9 Å². The highest BCUT2D eigenvalue weighted by molar-refractivity contribution is 6.36. The normalized spacial score (nSPS) is 13.1. The molecule has 4 aromatic rings. The summed E-state index contributed by atoms with van der Waals surface area (Å²) in [7, 11) is 0. The molecule has 0 bridgehead atoms. The average molecular weight is 666 g/mol. The van der Waals surface area contributed by atoms with Crippen molar-refractivity contribution in [3.05, 3.63) is 63.5 Å². The summed E-state index contributed by atoms with van der Waals surface area (Å²) < 4.78 is 38.6. The van der Waals surface area contributed by atoms with E-state index in [2.05, 4.69) is 20.4 Å². The molecule has 3 aromatic heterocycles.